The van der Waals surface area contributed by atoms with Crippen molar-refractivity contribution in [3.05, 3.63) is 114 Å². The van der Waals surface area contributed by atoms with Gasteiger partial charge in [0, 0.05) is 30.3 Å². The standard InChI is InChI=1S/C26H21FN4O2/c27-21-13-7-8-14-23(21)31-26(33)20-17-29-24(18-9-3-1-4-10-18)30-22(20)15-16-28-25(32)19-11-5-2-6-12-19/h1-14,17H,15-16H2,(H,28,32)(H,31,33). The quantitative estimate of drug-likeness (QED) is 0.443. The fourth-order valence-electron chi connectivity index (χ4n) is 3.26. The van der Waals surface area contributed by atoms with Gasteiger partial charge in [-0.05, 0) is 24.3 Å². The Hall–Kier alpha value is -4.39. The molecule has 7 heteroatoms. The molecule has 0 saturated carbocycles. The minimum atomic E-state index is -0.538. The Morgan fingerprint density at radius 2 is 1.48 bits per heavy atom. The lowest BCUT2D eigenvalue weighted by atomic mass is 10.1. The van der Waals surface area contributed by atoms with Crippen molar-refractivity contribution in [1.82, 2.24) is 15.3 Å². The number of amides is 2. The zero-order valence-corrected chi connectivity index (χ0v) is 17.7. The van der Waals surface area contributed by atoms with Crippen LogP contribution in [0.3, 0.4) is 0 Å². The summed E-state index contributed by atoms with van der Waals surface area (Å²) < 4.78 is 14.0. The third-order valence-corrected chi connectivity index (χ3v) is 4.95. The summed E-state index contributed by atoms with van der Waals surface area (Å²) in [5, 5.41) is 5.41. The van der Waals surface area contributed by atoms with E-state index in [1.807, 2.05) is 36.4 Å². The largest absolute Gasteiger partial charge is 0.352 e. The molecule has 0 spiro atoms. The topological polar surface area (TPSA) is 84.0 Å². The minimum absolute atomic E-state index is 0.0676. The molecule has 2 amide bonds. The van der Waals surface area contributed by atoms with Crippen molar-refractivity contribution in [2.75, 3.05) is 11.9 Å². The highest BCUT2D eigenvalue weighted by Crippen LogP contribution is 2.19. The molecule has 3 aromatic carbocycles. The molecule has 0 fully saturated rings. The predicted octanol–water partition coefficient (Wildman–Crippen LogP) is 4.51. The summed E-state index contributed by atoms with van der Waals surface area (Å²) in [4.78, 5) is 34.2. The molecular formula is C26H21FN4O2. The van der Waals surface area contributed by atoms with E-state index in [9.17, 15) is 14.0 Å². The Morgan fingerprint density at radius 1 is 0.818 bits per heavy atom. The molecule has 1 heterocycles. The van der Waals surface area contributed by atoms with Crippen molar-refractivity contribution in [3.8, 4) is 11.4 Å². The monoisotopic (exact) mass is 440 g/mol. The van der Waals surface area contributed by atoms with E-state index in [0.717, 1.165) is 5.56 Å². The SMILES string of the molecule is O=C(NCCc1nc(-c2ccccc2)ncc1C(=O)Nc1ccccc1F)c1ccccc1. The van der Waals surface area contributed by atoms with Crippen molar-refractivity contribution >= 4 is 17.5 Å². The van der Waals surface area contributed by atoms with Gasteiger partial charge in [0.15, 0.2) is 5.82 Å². The number of nitrogens with one attached hydrogen (secondary N) is 2. The number of rotatable bonds is 7. The number of hydrogen-bond donors (Lipinski definition) is 2. The van der Waals surface area contributed by atoms with Gasteiger partial charge in [-0.25, -0.2) is 14.4 Å². The van der Waals surface area contributed by atoms with Gasteiger partial charge >= 0.3 is 0 Å². The molecule has 6 nitrogen and oxygen atoms in total. The molecule has 0 saturated heterocycles. The van der Waals surface area contributed by atoms with Gasteiger partial charge in [-0.1, -0.05) is 60.7 Å². The van der Waals surface area contributed by atoms with Crippen LogP contribution in [0, 0.1) is 5.82 Å². The zero-order valence-electron chi connectivity index (χ0n) is 17.7. The summed E-state index contributed by atoms with van der Waals surface area (Å²) in [6.07, 6.45) is 1.72. The Labute approximate surface area is 190 Å². The number of carbonyl (C=O) groups excluding carboxylic acids is 2. The number of hydrogen-bond acceptors (Lipinski definition) is 4. The van der Waals surface area contributed by atoms with E-state index in [0.29, 0.717) is 23.5 Å². The van der Waals surface area contributed by atoms with E-state index in [-0.39, 0.29) is 23.7 Å². The average Bonchev–Trinajstić information content (AvgIpc) is 2.86. The second-order valence-electron chi connectivity index (χ2n) is 7.23. The van der Waals surface area contributed by atoms with Gasteiger partial charge in [0.2, 0.25) is 0 Å². The van der Waals surface area contributed by atoms with Crippen LogP contribution < -0.4 is 10.6 Å². The molecule has 1 aromatic heterocycles. The van der Waals surface area contributed by atoms with Crippen LogP contribution in [0.5, 0.6) is 0 Å². The van der Waals surface area contributed by atoms with Crippen molar-refractivity contribution in [1.29, 1.82) is 0 Å². The van der Waals surface area contributed by atoms with Crippen molar-refractivity contribution in [3.63, 3.8) is 0 Å². The van der Waals surface area contributed by atoms with Crippen LogP contribution >= 0.6 is 0 Å². The molecule has 0 unspecified atom stereocenters. The molecular weight excluding hydrogens is 419 g/mol. The molecule has 0 radical (unpaired) electrons. The van der Waals surface area contributed by atoms with Crippen molar-refractivity contribution in [2.24, 2.45) is 0 Å². The number of anilines is 1. The lowest BCUT2D eigenvalue weighted by Gasteiger charge is -2.12. The van der Waals surface area contributed by atoms with E-state index in [1.54, 1.807) is 36.4 Å². The van der Waals surface area contributed by atoms with Crippen LogP contribution in [0.2, 0.25) is 0 Å². The highest BCUT2D eigenvalue weighted by molar-refractivity contribution is 6.05. The third kappa shape index (κ3) is 5.46. The summed E-state index contributed by atoms with van der Waals surface area (Å²) in [6, 6.07) is 24.2. The number of nitrogens with zero attached hydrogens (tertiary/aromatic N) is 2. The molecule has 33 heavy (non-hydrogen) atoms. The maximum Gasteiger partial charge on any atom is 0.259 e. The first kappa shape index (κ1) is 21.8. The first-order valence-electron chi connectivity index (χ1n) is 10.4. The first-order valence-corrected chi connectivity index (χ1v) is 10.4. The van der Waals surface area contributed by atoms with Gasteiger partial charge in [0.25, 0.3) is 11.8 Å². The van der Waals surface area contributed by atoms with Crippen molar-refractivity contribution < 1.29 is 14.0 Å². The Morgan fingerprint density at radius 3 is 2.21 bits per heavy atom. The normalized spacial score (nSPS) is 10.5. The molecule has 2 N–H and O–H groups in total. The second-order valence-corrected chi connectivity index (χ2v) is 7.23. The molecule has 164 valence electrons. The predicted molar refractivity (Wildman–Crippen MR) is 124 cm³/mol. The molecule has 0 aliphatic rings. The number of carbonyl (C=O) groups is 2. The molecule has 4 aromatic rings. The third-order valence-electron chi connectivity index (χ3n) is 4.95. The van der Waals surface area contributed by atoms with E-state index in [1.165, 1.54) is 18.3 Å². The second kappa shape index (κ2) is 10.3. The van der Waals surface area contributed by atoms with Crippen LogP contribution in [0.25, 0.3) is 11.4 Å². The zero-order chi connectivity index (χ0) is 23.0. The Kier molecular flexibility index (Phi) is 6.80. The maximum absolute atomic E-state index is 14.0. The van der Waals surface area contributed by atoms with Gasteiger partial charge < -0.3 is 10.6 Å². The summed E-state index contributed by atoms with van der Waals surface area (Å²) in [7, 11) is 0. The highest BCUT2D eigenvalue weighted by Gasteiger charge is 2.17. The summed E-state index contributed by atoms with van der Waals surface area (Å²) in [5.74, 6) is -0.818. The minimum Gasteiger partial charge on any atom is -0.352 e. The smallest absolute Gasteiger partial charge is 0.259 e. The van der Waals surface area contributed by atoms with Crippen LogP contribution in [0.15, 0.2) is 91.1 Å². The van der Waals surface area contributed by atoms with Gasteiger partial charge in [-0.2, -0.15) is 0 Å². The van der Waals surface area contributed by atoms with Gasteiger partial charge in [-0.15, -0.1) is 0 Å². The van der Waals surface area contributed by atoms with Gasteiger partial charge in [-0.3, -0.25) is 9.59 Å². The van der Waals surface area contributed by atoms with Crippen LogP contribution in [-0.4, -0.2) is 28.3 Å². The number of aromatic nitrogens is 2. The van der Waals surface area contributed by atoms with Gasteiger partial charge in [0.1, 0.15) is 5.82 Å². The fourth-order valence-corrected chi connectivity index (χ4v) is 3.26. The summed E-state index contributed by atoms with van der Waals surface area (Å²) >= 11 is 0. The number of halogens is 1. The number of para-hydroxylation sites is 1. The van der Waals surface area contributed by atoms with Crippen LogP contribution in [0.4, 0.5) is 10.1 Å². The number of benzene rings is 3. The highest BCUT2D eigenvalue weighted by atomic mass is 19.1. The summed E-state index contributed by atoms with van der Waals surface area (Å²) in [5.41, 5.74) is 2.08. The Bertz CT molecular complexity index is 1260. The van der Waals surface area contributed by atoms with Crippen LogP contribution in [-0.2, 0) is 6.42 Å². The molecule has 0 aliphatic heterocycles. The molecule has 0 atom stereocenters. The molecule has 4 rings (SSSR count). The molecule has 0 bridgehead atoms. The van der Waals surface area contributed by atoms with E-state index in [2.05, 4.69) is 20.6 Å². The van der Waals surface area contributed by atoms with Crippen molar-refractivity contribution in [2.45, 2.75) is 6.42 Å². The van der Waals surface area contributed by atoms with E-state index < -0.39 is 11.7 Å². The fraction of sp³-hybridized carbons (Fsp3) is 0.0769. The van der Waals surface area contributed by atoms with Crippen LogP contribution in [0.1, 0.15) is 26.4 Å². The average molecular weight is 440 g/mol. The lowest BCUT2D eigenvalue weighted by Crippen LogP contribution is -2.27. The van der Waals surface area contributed by atoms with Gasteiger partial charge in [0.05, 0.1) is 16.9 Å². The maximum atomic E-state index is 14.0. The lowest BCUT2D eigenvalue weighted by molar-refractivity contribution is 0.0953. The molecule has 0 aliphatic carbocycles. The Balaban J connectivity index is 1.56. The van der Waals surface area contributed by atoms with E-state index in [4.69, 9.17) is 0 Å². The van der Waals surface area contributed by atoms with E-state index >= 15 is 0 Å². The summed E-state index contributed by atoms with van der Waals surface area (Å²) in [6.45, 7) is 0.263. The first-order chi connectivity index (χ1) is 16.1.